The maximum absolute atomic E-state index is 13.0. The highest BCUT2D eigenvalue weighted by molar-refractivity contribution is 7.89. The molecule has 4 aromatic rings. The fraction of sp³-hybridized carbons (Fsp3) is 0.333. The molecule has 43 heavy (non-hydrogen) atoms. The van der Waals surface area contributed by atoms with Crippen LogP contribution in [0.25, 0.3) is 0 Å². The summed E-state index contributed by atoms with van der Waals surface area (Å²) in [6, 6.07) is 19.9. The topological polar surface area (TPSA) is 99.0 Å². The van der Waals surface area contributed by atoms with Crippen molar-refractivity contribution >= 4 is 38.9 Å². The fourth-order valence-electron chi connectivity index (χ4n) is 5.27. The number of rotatable bonds is 9. The predicted molar refractivity (Wildman–Crippen MR) is 163 cm³/mol. The van der Waals surface area contributed by atoms with E-state index in [0.717, 1.165) is 11.3 Å². The third kappa shape index (κ3) is 6.52. The number of benzene rings is 3. The normalized spacial score (nSPS) is 21.3. The predicted octanol–water partition coefficient (Wildman–Crippen LogP) is 4.75. The number of anilines is 1. The Morgan fingerprint density at radius 2 is 1.74 bits per heavy atom. The number of aromatic nitrogens is 3. The fourth-order valence-corrected chi connectivity index (χ4v) is 7.25. The van der Waals surface area contributed by atoms with Crippen LogP contribution in [0.4, 0.5) is 5.69 Å². The van der Waals surface area contributed by atoms with Gasteiger partial charge in [0.25, 0.3) is 0 Å². The third-order valence-electron chi connectivity index (χ3n) is 7.57. The average Bonchev–Trinajstić information content (AvgIpc) is 3.67. The minimum absolute atomic E-state index is 0.249. The van der Waals surface area contributed by atoms with Gasteiger partial charge in [0.1, 0.15) is 37.7 Å². The zero-order valence-electron chi connectivity index (χ0n) is 23.5. The van der Waals surface area contributed by atoms with Crippen LogP contribution < -0.4 is 9.64 Å². The van der Waals surface area contributed by atoms with Crippen molar-refractivity contribution in [2.24, 2.45) is 0 Å². The van der Waals surface area contributed by atoms with Crippen molar-refractivity contribution in [2.45, 2.75) is 30.3 Å². The molecule has 6 rings (SSSR count). The summed E-state index contributed by atoms with van der Waals surface area (Å²) in [6.45, 7) is 4.77. The smallest absolute Gasteiger partial charge is 0.243 e. The summed E-state index contributed by atoms with van der Waals surface area (Å²) in [7, 11) is -3.51. The Hall–Kier alpha value is -3.19. The van der Waals surface area contributed by atoms with Crippen molar-refractivity contribution in [3.63, 3.8) is 0 Å². The van der Waals surface area contributed by atoms with Gasteiger partial charge in [-0.15, -0.1) is 0 Å². The highest BCUT2D eigenvalue weighted by Gasteiger charge is 2.45. The monoisotopic (exact) mass is 643 g/mol. The molecule has 10 nitrogen and oxygen atoms in total. The van der Waals surface area contributed by atoms with E-state index in [1.54, 1.807) is 45.6 Å². The molecule has 0 unspecified atom stereocenters. The Morgan fingerprint density at radius 3 is 2.42 bits per heavy atom. The van der Waals surface area contributed by atoms with Crippen LogP contribution in [0.15, 0.2) is 84.3 Å². The van der Waals surface area contributed by atoms with E-state index in [-0.39, 0.29) is 19.3 Å². The second kappa shape index (κ2) is 12.4. The number of hydrogen-bond acceptors (Lipinski definition) is 8. The molecule has 2 fully saturated rings. The SMILES string of the molecule is Cc1ccc(S(=O)(=O)N2CCN(c3ccc(OC[C@@H]4CO[C@@](Cn5cncn5)(c5ccc(Cl)cc5Cl)O4)cc3)CC2)cc1. The first-order valence-electron chi connectivity index (χ1n) is 13.9. The first-order chi connectivity index (χ1) is 20.7. The van der Waals surface area contributed by atoms with Gasteiger partial charge in [-0.05, 0) is 55.5 Å². The highest BCUT2D eigenvalue weighted by atomic mass is 35.5. The Morgan fingerprint density at radius 1 is 1.00 bits per heavy atom. The van der Waals surface area contributed by atoms with E-state index in [9.17, 15) is 8.42 Å². The van der Waals surface area contributed by atoms with Crippen molar-refractivity contribution < 1.29 is 22.6 Å². The van der Waals surface area contributed by atoms with Gasteiger partial charge >= 0.3 is 0 Å². The lowest BCUT2D eigenvalue weighted by Gasteiger charge is -2.35. The molecule has 2 aliphatic heterocycles. The molecular weight excluding hydrogens is 613 g/mol. The van der Waals surface area contributed by atoms with E-state index in [4.69, 9.17) is 37.4 Å². The number of nitrogens with zero attached hydrogens (tertiary/aromatic N) is 5. The van der Waals surface area contributed by atoms with E-state index < -0.39 is 15.8 Å². The molecule has 226 valence electrons. The molecule has 13 heteroatoms. The number of halogens is 2. The third-order valence-corrected chi connectivity index (χ3v) is 10.0. The van der Waals surface area contributed by atoms with Gasteiger partial charge in [-0.25, -0.2) is 18.1 Å². The van der Waals surface area contributed by atoms with Crippen molar-refractivity contribution in [1.82, 2.24) is 19.1 Å². The van der Waals surface area contributed by atoms with Crippen LogP contribution in [-0.2, 0) is 31.8 Å². The van der Waals surface area contributed by atoms with E-state index in [0.29, 0.717) is 59.0 Å². The Bertz CT molecular complexity index is 1650. The van der Waals surface area contributed by atoms with Crippen LogP contribution in [0.1, 0.15) is 11.1 Å². The first-order valence-corrected chi connectivity index (χ1v) is 16.1. The zero-order valence-corrected chi connectivity index (χ0v) is 25.8. The molecule has 0 N–H and O–H groups in total. The van der Waals surface area contributed by atoms with Crippen molar-refractivity contribution in [3.8, 4) is 5.75 Å². The van der Waals surface area contributed by atoms with Crippen LogP contribution >= 0.6 is 23.2 Å². The van der Waals surface area contributed by atoms with Gasteiger partial charge in [0, 0.05) is 42.5 Å². The molecule has 0 aliphatic carbocycles. The molecule has 0 bridgehead atoms. The van der Waals surface area contributed by atoms with Gasteiger partial charge in [-0.2, -0.15) is 9.40 Å². The molecule has 1 aromatic heterocycles. The minimum atomic E-state index is -3.51. The first kappa shape index (κ1) is 29.9. The minimum Gasteiger partial charge on any atom is -0.491 e. The Balaban J connectivity index is 1.05. The number of sulfonamides is 1. The zero-order chi connectivity index (χ0) is 30.0. The summed E-state index contributed by atoms with van der Waals surface area (Å²) in [5.41, 5.74) is 2.68. The van der Waals surface area contributed by atoms with Crippen LogP contribution in [0.3, 0.4) is 0 Å². The summed E-state index contributed by atoms with van der Waals surface area (Å²) in [6.07, 6.45) is 2.68. The molecular formula is C30H31Cl2N5O5S. The van der Waals surface area contributed by atoms with Gasteiger partial charge in [0.2, 0.25) is 15.8 Å². The van der Waals surface area contributed by atoms with Gasteiger partial charge in [0.05, 0.1) is 16.5 Å². The highest BCUT2D eigenvalue weighted by Crippen LogP contribution is 2.40. The molecule has 0 spiro atoms. The second-order valence-corrected chi connectivity index (χ2v) is 13.3. The van der Waals surface area contributed by atoms with Gasteiger partial charge in [-0.3, -0.25) is 0 Å². The molecule has 3 heterocycles. The molecule has 2 saturated heterocycles. The van der Waals surface area contributed by atoms with E-state index in [2.05, 4.69) is 15.0 Å². The van der Waals surface area contributed by atoms with Crippen LogP contribution in [-0.4, -0.2) is 73.0 Å². The van der Waals surface area contributed by atoms with Crippen molar-refractivity contribution in [3.05, 3.63) is 101 Å². The van der Waals surface area contributed by atoms with Gasteiger partial charge < -0.3 is 19.1 Å². The van der Waals surface area contributed by atoms with E-state index in [1.807, 2.05) is 43.3 Å². The summed E-state index contributed by atoms with van der Waals surface area (Å²) < 4.78 is 48.0. The number of ether oxygens (including phenoxy) is 3. The number of aryl methyl sites for hydroxylation is 1. The Labute approximate surface area is 260 Å². The lowest BCUT2D eigenvalue weighted by atomic mass is 10.1. The summed E-state index contributed by atoms with van der Waals surface area (Å²) in [5, 5.41) is 5.15. The van der Waals surface area contributed by atoms with E-state index in [1.165, 1.54) is 6.33 Å². The standard InChI is InChI=1S/C30H31Cl2N5O5S/c1-22-2-9-27(10-3-22)43(38,39)37-14-12-35(13-15-37)24-5-7-25(8-6-24)40-17-26-18-41-30(42-26,19-36-21-33-20-34-36)28-11-4-23(31)16-29(28)32/h2-11,16,20-21,26H,12-15,17-19H2,1H3/t26-,30-/m1/s1. The summed E-state index contributed by atoms with van der Waals surface area (Å²) >= 11 is 12.7. The van der Waals surface area contributed by atoms with Crippen LogP contribution in [0, 0.1) is 6.92 Å². The van der Waals surface area contributed by atoms with Crippen molar-refractivity contribution in [2.75, 3.05) is 44.3 Å². The lowest BCUT2D eigenvalue weighted by molar-refractivity contribution is -0.190. The molecule has 0 saturated carbocycles. The Kier molecular flexibility index (Phi) is 8.63. The van der Waals surface area contributed by atoms with Crippen molar-refractivity contribution in [1.29, 1.82) is 0 Å². The van der Waals surface area contributed by atoms with Gasteiger partial charge in [0.15, 0.2) is 0 Å². The molecule has 2 atom stereocenters. The maximum Gasteiger partial charge on any atom is 0.243 e. The molecule has 0 amide bonds. The molecule has 0 radical (unpaired) electrons. The molecule has 2 aliphatic rings. The van der Waals surface area contributed by atoms with Crippen LogP contribution in [0.5, 0.6) is 5.75 Å². The summed E-state index contributed by atoms with van der Waals surface area (Å²) in [4.78, 5) is 6.52. The largest absolute Gasteiger partial charge is 0.491 e. The quantitative estimate of drug-likeness (QED) is 0.258. The number of hydrogen-bond donors (Lipinski definition) is 0. The number of piperazine rings is 1. The van der Waals surface area contributed by atoms with Crippen LogP contribution in [0.2, 0.25) is 10.0 Å². The lowest BCUT2D eigenvalue weighted by Crippen LogP contribution is -2.48. The average molecular weight is 645 g/mol. The second-order valence-electron chi connectivity index (χ2n) is 10.5. The van der Waals surface area contributed by atoms with Gasteiger partial charge in [-0.1, -0.05) is 47.0 Å². The maximum atomic E-state index is 13.0. The van der Waals surface area contributed by atoms with E-state index >= 15 is 0 Å². The summed E-state index contributed by atoms with van der Waals surface area (Å²) in [5.74, 6) is -0.492. The molecule has 3 aromatic carbocycles.